The molecule has 4 rings (SSSR count). The van der Waals surface area contributed by atoms with Crippen molar-refractivity contribution in [3.05, 3.63) is 41.7 Å². The lowest BCUT2D eigenvalue weighted by Crippen LogP contribution is -2.48. The number of ether oxygens (including phenoxy) is 1. The molecule has 1 N–H and O–H groups in total. The summed E-state index contributed by atoms with van der Waals surface area (Å²) in [6.45, 7) is 10.2. The smallest absolute Gasteiger partial charge is 0.317 e. The fourth-order valence-electron chi connectivity index (χ4n) is 5.19. The number of nitrogens with zero attached hydrogens (tertiary/aromatic N) is 3. The van der Waals surface area contributed by atoms with Crippen molar-refractivity contribution in [1.82, 2.24) is 19.8 Å². The molecular formula is C25H36N4O2. The van der Waals surface area contributed by atoms with E-state index in [1.807, 2.05) is 4.90 Å². The Morgan fingerprint density at radius 2 is 2.00 bits per heavy atom. The third-order valence-corrected chi connectivity index (χ3v) is 7.18. The van der Waals surface area contributed by atoms with Crippen molar-refractivity contribution in [3.8, 4) is 0 Å². The monoisotopic (exact) mass is 424 g/mol. The first kappa shape index (κ1) is 21.9. The van der Waals surface area contributed by atoms with Gasteiger partial charge in [0.15, 0.2) is 0 Å². The van der Waals surface area contributed by atoms with Gasteiger partial charge in [0.1, 0.15) is 5.82 Å². The number of allylic oxidation sites excluding steroid dienone is 1. The third-order valence-electron chi connectivity index (χ3n) is 7.18. The summed E-state index contributed by atoms with van der Waals surface area (Å²) in [7, 11) is 2.12. The average Bonchev–Trinajstić information content (AvgIpc) is 3.09. The van der Waals surface area contributed by atoms with E-state index in [9.17, 15) is 4.79 Å². The van der Waals surface area contributed by atoms with Crippen molar-refractivity contribution < 1.29 is 9.53 Å². The normalized spacial score (nSPS) is 24.5. The molecule has 2 aromatic rings. The van der Waals surface area contributed by atoms with Crippen LogP contribution in [0.1, 0.15) is 33.0 Å². The molecule has 1 saturated heterocycles. The summed E-state index contributed by atoms with van der Waals surface area (Å²) in [5.74, 6) is 3.14. The molecule has 6 heteroatoms. The van der Waals surface area contributed by atoms with Crippen LogP contribution in [0.5, 0.6) is 0 Å². The average molecular weight is 425 g/mol. The van der Waals surface area contributed by atoms with E-state index in [1.165, 1.54) is 11.1 Å². The molecule has 3 unspecified atom stereocenters. The molecule has 6 nitrogen and oxygen atoms in total. The standard InChI is InChI=1S/C25H36N4O2/c1-17(2)21-14-19(15-24-27-22-7-5-6-8-23(22)28(24)4)18(3)13-20(21)16-26-25(30)29-9-11-31-12-10-29/h5-8,13,17,19-21H,9-12,14-16H2,1-4H3,(H,26,30). The molecular weight excluding hydrogens is 388 g/mol. The maximum Gasteiger partial charge on any atom is 0.317 e. The number of rotatable bonds is 5. The van der Waals surface area contributed by atoms with Gasteiger partial charge in [0.25, 0.3) is 0 Å². The second-order valence-corrected chi connectivity index (χ2v) is 9.48. The van der Waals surface area contributed by atoms with Crippen molar-refractivity contribution in [1.29, 1.82) is 0 Å². The van der Waals surface area contributed by atoms with Crippen LogP contribution in [0, 0.1) is 23.7 Å². The van der Waals surface area contributed by atoms with Gasteiger partial charge in [-0.2, -0.15) is 0 Å². The number of aryl methyl sites for hydroxylation is 1. The molecule has 0 spiro atoms. The summed E-state index contributed by atoms with van der Waals surface area (Å²) in [5.41, 5.74) is 3.69. The van der Waals surface area contributed by atoms with E-state index >= 15 is 0 Å². The highest BCUT2D eigenvalue weighted by Gasteiger charge is 2.33. The largest absolute Gasteiger partial charge is 0.378 e. The van der Waals surface area contributed by atoms with Crippen molar-refractivity contribution in [3.63, 3.8) is 0 Å². The molecule has 0 saturated carbocycles. The topological polar surface area (TPSA) is 59.4 Å². The van der Waals surface area contributed by atoms with Crippen molar-refractivity contribution in [2.45, 2.75) is 33.6 Å². The number of fused-ring (bicyclic) bond motifs is 1. The quantitative estimate of drug-likeness (QED) is 0.738. The number of imidazole rings is 1. The van der Waals surface area contributed by atoms with Gasteiger partial charge in [0.05, 0.1) is 24.2 Å². The number of morpholine rings is 1. The van der Waals surface area contributed by atoms with Gasteiger partial charge < -0.3 is 19.5 Å². The molecule has 0 radical (unpaired) electrons. The highest BCUT2D eigenvalue weighted by molar-refractivity contribution is 5.75. The minimum absolute atomic E-state index is 0.0404. The zero-order valence-corrected chi connectivity index (χ0v) is 19.3. The van der Waals surface area contributed by atoms with Gasteiger partial charge in [-0.1, -0.05) is 37.6 Å². The SMILES string of the molecule is CC1=CC(CNC(=O)N2CCOCC2)C(C(C)C)CC1Cc1nc2ccccc2n1C. The van der Waals surface area contributed by atoms with Gasteiger partial charge in [-0.05, 0) is 49.1 Å². The molecule has 1 aromatic carbocycles. The Hall–Kier alpha value is -2.34. The van der Waals surface area contributed by atoms with E-state index in [2.05, 4.69) is 68.0 Å². The van der Waals surface area contributed by atoms with Crippen LogP contribution >= 0.6 is 0 Å². The maximum atomic E-state index is 12.6. The fourth-order valence-corrected chi connectivity index (χ4v) is 5.19. The summed E-state index contributed by atoms with van der Waals surface area (Å²) in [4.78, 5) is 19.3. The van der Waals surface area contributed by atoms with E-state index in [4.69, 9.17) is 9.72 Å². The van der Waals surface area contributed by atoms with Gasteiger partial charge in [-0.15, -0.1) is 0 Å². The maximum absolute atomic E-state index is 12.6. The second-order valence-electron chi connectivity index (χ2n) is 9.48. The van der Waals surface area contributed by atoms with Crippen LogP contribution in [0.15, 0.2) is 35.9 Å². The van der Waals surface area contributed by atoms with Crippen molar-refractivity contribution in [2.75, 3.05) is 32.8 Å². The van der Waals surface area contributed by atoms with Crippen LogP contribution < -0.4 is 5.32 Å². The predicted octanol–water partition coefficient (Wildman–Crippen LogP) is 4.01. The first-order valence-corrected chi connectivity index (χ1v) is 11.6. The molecule has 2 amide bonds. The number of carbonyl (C=O) groups excluding carboxylic acids is 1. The van der Waals surface area contributed by atoms with Crippen LogP contribution in [-0.4, -0.2) is 53.3 Å². The molecule has 168 valence electrons. The lowest BCUT2D eigenvalue weighted by Gasteiger charge is -2.37. The van der Waals surface area contributed by atoms with Gasteiger partial charge in [0, 0.05) is 33.1 Å². The Balaban J connectivity index is 1.45. The molecule has 2 aliphatic rings. The zero-order chi connectivity index (χ0) is 22.0. The Morgan fingerprint density at radius 3 is 2.71 bits per heavy atom. The third kappa shape index (κ3) is 4.79. The lowest BCUT2D eigenvalue weighted by molar-refractivity contribution is 0.0527. The number of benzene rings is 1. The Morgan fingerprint density at radius 1 is 1.26 bits per heavy atom. The van der Waals surface area contributed by atoms with E-state index in [-0.39, 0.29) is 6.03 Å². The van der Waals surface area contributed by atoms with Crippen molar-refractivity contribution >= 4 is 17.1 Å². The zero-order valence-electron chi connectivity index (χ0n) is 19.3. The summed E-state index contributed by atoms with van der Waals surface area (Å²) >= 11 is 0. The van der Waals surface area contributed by atoms with Crippen LogP contribution in [0.2, 0.25) is 0 Å². The number of carbonyl (C=O) groups is 1. The number of nitrogens with one attached hydrogen (secondary N) is 1. The van der Waals surface area contributed by atoms with Gasteiger partial charge in [-0.3, -0.25) is 0 Å². The summed E-state index contributed by atoms with van der Waals surface area (Å²) in [6.07, 6.45) is 4.52. The Labute approximate surface area is 185 Å². The van der Waals surface area contributed by atoms with Crippen LogP contribution in [0.25, 0.3) is 11.0 Å². The summed E-state index contributed by atoms with van der Waals surface area (Å²) in [5, 5.41) is 3.19. The number of amides is 2. The molecule has 1 aromatic heterocycles. The highest BCUT2D eigenvalue weighted by atomic mass is 16.5. The van der Waals surface area contributed by atoms with Crippen LogP contribution in [0.4, 0.5) is 4.79 Å². The lowest BCUT2D eigenvalue weighted by atomic mass is 9.70. The predicted molar refractivity (Wildman–Crippen MR) is 124 cm³/mol. The van der Waals surface area contributed by atoms with Crippen LogP contribution in [-0.2, 0) is 18.2 Å². The summed E-state index contributed by atoms with van der Waals surface area (Å²) in [6, 6.07) is 8.39. The first-order chi connectivity index (χ1) is 14.9. The number of hydrogen-bond donors (Lipinski definition) is 1. The second kappa shape index (κ2) is 9.43. The van der Waals surface area contributed by atoms with Crippen molar-refractivity contribution in [2.24, 2.45) is 30.7 Å². The molecule has 2 heterocycles. The molecule has 0 bridgehead atoms. The van der Waals surface area contributed by atoms with Crippen LogP contribution in [0.3, 0.4) is 0 Å². The molecule has 1 aliphatic heterocycles. The number of urea groups is 1. The fraction of sp³-hybridized carbons (Fsp3) is 0.600. The van der Waals surface area contributed by atoms with Gasteiger partial charge >= 0.3 is 6.03 Å². The molecule has 1 aliphatic carbocycles. The number of aromatic nitrogens is 2. The molecule has 1 fully saturated rings. The van der Waals surface area contributed by atoms with Gasteiger partial charge in [-0.25, -0.2) is 9.78 Å². The number of hydrogen-bond acceptors (Lipinski definition) is 3. The van der Waals surface area contributed by atoms with E-state index in [1.54, 1.807) is 0 Å². The minimum atomic E-state index is 0.0404. The first-order valence-electron chi connectivity index (χ1n) is 11.6. The Kier molecular flexibility index (Phi) is 6.65. The molecule has 31 heavy (non-hydrogen) atoms. The number of para-hydroxylation sites is 2. The van der Waals surface area contributed by atoms with E-state index < -0.39 is 0 Å². The molecule has 3 atom stereocenters. The highest BCUT2D eigenvalue weighted by Crippen LogP contribution is 2.38. The summed E-state index contributed by atoms with van der Waals surface area (Å²) < 4.78 is 7.59. The van der Waals surface area contributed by atoms with E-state index in [0.29, 0.717) is 56.5 Å². The Bertz CT molecular complexity index is 942. The van der Waals surface area contributed by atoms with E-state index in [0.717, 1.165) is 24.2 Å². The minimum Gasteiger partial charge on any atom is -0.378 e. The van der Waals surface area contributed by atoms with Gasteiger partial charge in [0.2, 0.25) is 0 Å².